The molecule has 6 heteroatoms. The molecule has 1 N–H and O–H groups in total. The van der Waals surface area contributed by atoms with Crippen molar-refractivity contribution in [3.63, 3.8) is 0 Å². The third-order valence-corrected chi connectivity index (χ3v) is 5.63. The van der Waals surface area contributed by atoms with Gasteiger partial charge in [0.2, 0.25) is 0 Å². The van der Waals surface area contributed by atoms with Gasteiger partial charge in [0.05, 0.1) is 23.6 Å². The molecule has 2 aromatic heterocycles. The number of ether oxygens (including phenoxy) is 1. The Hall–Kier alpha value is -3.80. The smallest absolute Gasteiger partial charge is 0.291 e. The summed E-state index contributed by atoms with van der Waals surface area (Å²) in [6.45, 7) is 10.8. The van der Waals surface area contributed by atoms with Crippen LogP contribution in [0.2, 0.25) is 0 Å². The lowest BCUT2D eigenvalue weighted by Crippen LogP contribution is -2.12. The van der Waals surface area contributed by atoms with E-state index in [2.05, 4.69) is 35.5 Å². The van der Waals surface area contributed by atoms with Crippen LogP contribution in [-0.2, 0) is 13.2 Å². The number of nitrogens with one attached hydrogen (secondary N) is 1. The lowest BCUT2D eigenvalue weighted by Gasteiger charge is -2.08. The Balaban J connectivity index is 1.43. The molecule has 170 valence electrons. The van der Waals surface area contributed by atoms with Gasteiger partial charge in [0.25, 0.3) is 5.91 Å². The van der Waals surface area contributed by atoms with E-state index in [9.17, 15) is 4.79 Å². The SMILES string of the molecule is Cc1cccc(Cn2nc(C)c(NC(=O)c3ccc(COc4cc(C)ccc4C)o3)c2C)c1. The molecule has 0 radical (unpaired) electrons. The number of hydrogen-bond donors (Lipinski definition) is 1. The van der Waals surface area contributed by atoms with Crippen molar-refractivity contribution in [2.24, 2.45) is 0 Å². The van der Waals surface area contributed by atoms with Gasteiger partial charge < -0.3 is 14.5 Å². The Kier molecular flexibility index (Phi) is 6.36. The lowest BCUT2D eigenvalue weighted by molar-refractivity contribution is 0.0992. The zero-order valence-electron chi connectivity index (χ0n) is 19.7. The Bertz CT molecular complexity index is 1300. The molecule has 0 unspecified atom stereocenters. The molecule has 4 aromatic rings. The average molecular weight is 444 g/mol. The summed E-state index contributed by atoms with van der Waals surface area (Å²) in [6, 6.07) is 17.8. The first-order valence-electron chi connectivity index (χ1n) is 11.0. The fraction of sp³-hybridized carbons (Fsp3) is 0.259. The third-order valence-electron chi connectivity index (χ3n) is 5.63. The van der Waals surface area contributed by atoms with Gasteiger partial charge in [-0.2, -0.15) is 5.10 Å². The highest BCUT2D eigenvalue weighted by Crippen LogP contribution is 2.23. The molecule has 0 saturated heterocycles. The molecule has 0 fully saturated rings. The standard InChI is InChI=1S/C27H29N3O3/c1-17-7-6-8-22(13-17)15-30-21(5)26(20(4)29-30)28-27(31)24-12-11-23(33-24)16-32-25-14-18(2)9-10-19(25)3/h6-14H,15-16H2,1-5H3,(H,28,31). The number of nitrogens with zero attached hydrogens (tertiary/aromatic N) is 2. The zero-order chi connectivity index (χ0) is 23.5. The van der Waals surface area contributed by atoms with Crippen LogP contribution in [0.1, 0.15) is 50.0 Å². The second-order valence-electron chi connectivity index (χ2n) is 8.47. The molecule has 4 rings (SSSR count). The Morgan fingerprint density at radius 2 is 1.79 bits per heavy atom. The van der Waals surface area contributed by atoms with E-state index in [4.69, 9.17) is 9.15 Å². The summed E-state index contributed by atoms with van der Waals surface area (Å²) in [7, 11) is 0. The minimum Gasteiger partial charge on any atom is -0.485 e. The maximum absolute atomic E-state index is 12.8. The molecule has 2 heterocycles. The molecular weight excluding hydrogens is 414 g/mol. The highest BCUT2D eigenvalue weighted by molar-refractivity contribution is 6.02. The van der Waals surface area contributed by atoms with Crippen LogP contribution in [0.4, 0.5) is 5.69 Å². The second-order valence-corrected chi connectivity index (χ2v) is 8.47. The molecule has 0 aliphatic heterocycles. The van der Waals surface area contributed by atoms with Crippen molar-refractivity contribution in [3.8, 4) is 5.75 Å². The molecule has 33 heavy (non-hydrogen) atoms. The van der Waals surface area contributed by atoms with Crippen molar-refractivity contribution in [2.45, 2.75) is 47.8 Å². The fourth-order valence-electron chi connectivity index (χ4n) is 3.78. The van der Waals surface area contributed by atoms with E-state index >= 15 is 0 Å². The molecule has 0 bridgehead atoms. The highest BCUT2D eigenvalue weighted by Gasteiger charge is 2.18. The predicted molar refractivity (Wildman–Crippen MR) is 129 cm³/mol. The Labute approximate surface area is 194 Å². The summed E-state index contributed by atoms with van der Waals surface area (Å²) < 4.78 is 13.5. The number of carbonyl (C=O) groups is 1. The lowest BCUT2D eigenvalue weighted by atomic mass is 10.1. The molecular formula is C27H29N3O3. The summed E-state index contributed by atoms with van der Waals surface area (Å²) in [5.74, 6) is 1.32. The first-order valence-corrected chi connectivity index (χ1v) is 11.0. The molecule has 2 aromatic carbocycles. The molecule has 0 spiro atoms. The first-order chi connectivity index (χ1) is 15.8. The van der Waals surface area contributed by atoms with Gasteiger partial charge in [-0.05, 0) is 69.5 Å². The van der Waals surface area contributed by atoms with E-state index in [0.717, 1.165) is 33.8 Å². The van der Waals surface area contributed by atoms with E-state index in [1.54, 1.807) is 12.1 Å². The van der Waals surface area contributed by atoms with E-state index in [1.807, 2.05) is 56.6 Å². The first kappa shape index (κ1) is 22.4. The van der Waals surface area contributed by atoms with Gasteiger partial charge in [-0.3, -0.25) is 9.48 Å². The van der Waals surface area contributed by atoms with Gasteiger partial charge in [0, 0.05) is 0 Å². The van der Waals surface area contributed by atoms with Crippen LogP contribution in [0.15, 0.2) is 59.0 Å². The van der Waals surface area contributed by atoms with Crippen LogP contribution in [-0.4, -0.2) is 15.7 Å². The van der Waals surface area contributed by atoms with Gasteiger partial charge >= 0.3 is 0 Å². The largest absolute Gasteiger partial charge is 0.485 e. The van der Waals surface area contributed by atoms with Crippen LogP contribution >= 0.6 is 0 Å². The van der Waals surface area contributed by atoms with Crippen LogP contribution in [0.5, 0.6) is 5.75 Å². The van der Waals surface area contributed by atoms with Gasteiger partial charge in [0.1, 0.15) is 18.1 Å². The van der Waals surface area contributed by atoms with Crippen molar-refractivity contribution in [2.75, 3.05) is 5.32 Å². The van der Waals surface area contributed by atoms with Crippen LogP contribution in [0.25, 0.3) is 0 Å². The second kappa shape index (κ2) is 9.36. The number of rotatable bonds is 7. The minimum absolute atomic E-state index is 0.236. The number of anilines is 1. The van der Waals surface area contributed by atoms with Crippen molar-refractivity contribution in [1.29, 1.82) is 0 Å². The van der Waals surface area contributed by atoms with Crippen molar-refractivity contribution < 1.29 is 13.9 Å². The normalized spacial score (nSPS) is 10.9. The van der Waals surface area contributed by atoms with E-state index in [-0.39, 0.29) is 18.3 Å². The van der Waals surface area contributed by atoms with Crippen LogP contribution in [0.3, 0.4) is 0 Å². The topological polar surface area (TPSA) is 69.3 Å². The Morgan fingerprint density at radius 3 is 2.58 bits per heavy atom. The van der Waals surface area contributed by atoms with Crippen molar-refractivity contribution >= 4 is 11.6 Å². The summed E-state index contributed by atoms with van der Waals surface area (Å²) in [4.78, 5) is 12.8. The molecule has 0 saturated carbocycles. The van der Waals surface area contributed by atoms with Gasteiger partial charge in [-0.1, -0.05) is 42.0 Å². The number of carbonyl (C=O) groups excluding carboxylic acids is 1. The molecule has 6 nitrogen and oxygen atoms in total. The summed E-state index contributed by atoms with van der Waals surface area (Å²) in [6.07, 6.45) is 0. The van der Waals surface area contributed by atoms with Gasteiger partial charge in [-0.15, -0.1) is 0 Å². The van der Waals surface area contributed by atoms with E-state index in [1.165, 1.54) is 5.56 Å². The fourth-order valence-corrected chi connectivity index (χ4v) is 3.78. The highest BCUT2D eigenvalue weighted by atomic mass is 16.5. The van der Waals surface area contributed by atoms with Gasteiger partial charge in [0.15, 0.2) is 5.76 Å². The molecule has 0 aliphatic rings. The summed E-state index contributed by atoms with van der Waals surface area (Å²) in [5, 5.41) is 7.58. The minimum atomic E-state index is -0.311. The monoisotopic (exact) mass is 443 g/mol. The number of furan rings is 1. The predicted octanol–water partition coefficient (Wildman–Crippen LogP) is 5.90. The van der Waals surface area contributed by atoms with Crippen LogP contribution in [0, 0.1) is 34.6 Å². The number of aromatic nitrogens is 2. The number of aryl methyl sites for hydroxylation is 4. The van der Waals surface area contributed by atoms with Gasteiger partial charge in [-0.25, -0.2) is 0 Å². The molecule has 1 amide bonds. The quantitative estimate of drug-likeness (QED) is 0.386. The summed E-state index contributed by atoms with van der Waals surface area (Å²) in [5.41, 5.74) is 6.92. The summed E-state index contributed by atoms with van der Waals surface area (Å²) >= 11 is 0. The maximum Gasteiger partial charge on any atom is 0.291 e. The number of amides is 1. The van der Waals surface area contributed by atoms with Crippen LogP contribution < -0.4 is 10.1 Å². The van der Waals surface area contributed by atoms with Crippen molar-refractivity contribution in [1.82, 2.24) is 9.78 Å². The zero-order valence-corrected chi connectivity index (χ0v) is 19.7. The van der Waals surface area contributed by atoms with Crippen molar-refractivity contribution in [3.05, 3.63) is 99.8 Å². The Morgan fingerprint density at radius 1 is 1.00 bits per heavy atom. The average Bonchev–Trinajstić information content (AvgIpc) is 3.35. The number of benzene rings is 2. The molecule has 0 aliphatic carbocycles. The van der Waals surface area contributed by atoms with E-state index < -0.39 is 0 Å². The van der Waals surface area contributed by atoms with E-state index in [0.29, 0.717) is 18.0 Å². The maximum atomic E-state index is 12.8. The third kappa shape index (κ3) is 5.17. The number of hydrogen-bond acceptors (Lipinski definition) is 4. The molecule has 0 atom stereocenters.